The van der Waals surface area contributed by atoms with E-state index in [1.165, 1.54) is 13.2 Å². The van der Waals surface area contributed by atoms with Crippen LogP contribution in [0.5, 0.6) is 11.5 Å². The fourth-order valence-electron chi connectivity index (χ4n) is 1.26. The summed E-state index contributed by atoms with van der Waals surface area (Å²) in [7, 11) is 1.45. The minimum atomic E-state index is -0.108. The predicted octanol–water partition coefficient (Wildman–Crippen LogP) is 0.352. The topological polar surface area (TPSA) is 75.7 Å². The fourth-order valence-corrected chi connectivity index (χ4v) is 1.26. The first-order valence-corrected chi connectivity index (χ1v) is 3.93. The third kappa shape index (κ3) is 1.74. The van der Waals surface area contributed by atoms with Gasteiger partial charge in [-0.1, -0.05) is 6.07 Å². The van der Waals surface area contributed by atoms with Crippen LogP contribution in [0.15, 0.2) is 12.1 Å². The van der Waals surface area contributed by atoms with Crippen LogP contribution in [0.2, 0.25) is 0 Å². The van der Waals surface area contributed by atoms with Gasteiger partial charge < -0.3 is 20.7 Å². The Bertz CT molecular complexity index is 299. The van der Waals surface area contributed by atoms with E-state index in [2.05, 4.69) is 0 Å². The van der Waals surface area contributed by atoms with Crippen LogP contribution in [0.3, 0.4) is 0 Å². The lowest BCUT2D eigenvalue weighted by Gasteiger charge is -2.11. The molecule has 4 nitrogen and oxygen atoms in total. The number of hydrogen-bond acceptors (Lipinski definition) is 4. The number of hydrogen-bond donors (Lipinski definition) is 3. The van der Waals surface area contributed by atoms with Crippen molar-refractivity contribution in [3.8, 4) is 11.5 Å². The summed E-state index contributed by atoms with van der Waals surface area (Å²) in [5.74, 6) is 0.384. The van der Waals surface area contributed by atoms with Crippen molar-refractivity contribution in [1.82, 2.24) is 0 Å². The molecule has 0 aliphatic carbocycles. The molecule has 0 aromatic heterocycles. The van der Waals surface area contributed by atoms with Crippen LogP contribution in [0.4, 0.5) is 0 Å². The summed E-state index contributed by atoms with van der Waals surface area (Å²) in [6.45, 7) is 0.122. The average molecular weight is 183 g/mol. The molecule has 0 aliphatic heterocycles. The van der Waals surface area contributed by atoms with Crippen molar-refractivity contribution in [2.45, 2.75) is 13.2 Å². The Hall–Kier alpha value is -1.26. The summed E-state index contributed by atoms with van der Waals surface area (Å²) in [6, 6.07) is 3.10. The summed E-state index contributed by atoms with van der Waals surface area (Å²) < 4.78 is 4.97. The molecule has 1 aromatic rings. The average Bonchev–Trinajstić information content (AvgIpc) is 2.17. The lowest BCUT2D eigenvalue weighted by atomic mass is 10.1. The third-order valence-corrected chi connectivity index (χ3v) is 1.92. The maximum atomic E-state index is 9.38. The smallest absolute Gasteiger partial charge is 0.165 e. The van der Waals surface area contributed by atoms with Gasteiger partial charge >= 0.3 is 0 Å². The van der Waals surface area contributed by atoms with E-state index >= 15 is 0 Å². The van der Waals surface area contributed by atoms with Gasteiger partial charge in [0.1, 0.15) is 0 Å². The standard InChI is InChI=1S/C9H13NO3/c1-13-9-7(4-10)6(5-11)2-3-8(9)12/h2-3,11-12H,4-5,10H2,1H3. The summed E-state index contributed by atoms with van der Waals surface area (Å²) in [6.07, 6.45) is 0. The molecule has 0 spiro atoms. The van der Waals surface area contributed by atoms with Crippen molar-refractivity contribution < 1.29 is 14.9 Å². The molecule has 0 saturated heterocycles. The molecule has 0 bridgehead atoms. The Balaban J connectivity index is 3.27. The Kier molecular flexibility index (Phi) is 3.11. The number of methoxy groups -OCH3 is 1. The molecule has 4 heteroatoms. The van der Waals surface area contributed by atoms with Crippen LogP contribution in [-0.4, -0.2) is 17.3 Å². The largest absolute Gasteiger partial charge is 0.504 e. The number of rotatable bonds is 3. The quantitative estimate of drug-likeness (QED) is 0.632. The molecule has 13 heavy (non-hydrogen) atoms. The molecule has 0 unspecified atom stereocenters. The second-order valence-electron chi connectivity index (χ2n) is 2.62. The lowest BCUT2D eigenvalue weighted by Crippen LogP contribution is -2.04. The molecule has 1 rings (SSSR count). The minimum Gasteiger partial charge on any atom is -0.504 e. The molecule has 72 valence electrons. The van der Waals surface area contributed by atoms with Gasteiger partial charge in [0.05, 0.1) is 13.7 Å². The first kappa shape index (κ1) is 9.83. The molecule has 4 N–H and O–H groups in total. The Morgan fingerprint density at radius 1 is 1.46 bits per heavy atom. The van der Waals surface area contributed by atoms with E-state index in [1.54, 1.807) is 6.07 Å². The zero-order valence-electron chi connectivity index (χ0n) is 7.45. The van der Waals surface area contributed by atoms with Crippen molar-refractivity contribution in [3.63, 3.8) is 0 Å². The van der Waals surface area contributed by atoms with Gasteiger partial charge in [0.25, 0.3) is 0 Å². The van der Waals surface area contributed by atoms with E-state index in [4.69, 9.17) is 15.6 Å². The van der Waals surface area contributed by atoms with Crippen molar-refractivity contribution in [2.24, 2.45) is 5.73 Å². The van der Waals surface area contributed by atoms with E-state index < -0.39 is 0 Å². The first-order valence-electron chi connectivity index (χ1n) is 3.93. The second-order valence-corrected chi connectivity index (χ2v) is 2.62. The summed E-state index contributed by atoms with van der Waals surface area (Å²) >= 11 is 0. The molecule has 0 atom stereocenters. The number of ether oxygens (including phenoxy) is 1. The van der Waals surface area contributed by atoms with Gasteiger partial charge in [0, 0.05) is 12.1 Å². The summed E-state index contributed by atoms with van der Waals surface area (Å²) in [4.78, 5) is 0. The number of phenols is 1. The van der Waals surface area contributed by atoms with Gasteiger partial charge in [-0.3, -0.25) is 0 Å². The summed E-state index contributed by atoms with van der Waals surface area (Å²) in [5.41, 5.74) is 6.79. The first-order chi connectivity index (χ1) is 6.24. The van der Waals surface area contributed by atoms with Crippen LogP contribution >= 0.6 is 0 Å². The molecule has 0 aliphatic rings. The van der Waals surface area contributed by atoms with Gasteiger partial charge in [-0.2, -0.15) is 0 Å². The van der Waals surface area contributed by atoms with Crippen LogP contribution in [-0.2, 0) is 13.2 Å². The predicted molar refractivity (Wildman–Crippen MR) is 48.5 cm³/mol. The third-order valence-electron chi connectivity index (χ3n) is 1.92. The van der Waals surface area contributed by atoms with Gasteiger partial charge in [-0.05, 0) is 11.6 Å². The number of aliphatic hydroxyl groups excluding tert-OH is 1. The van der Waals surface area contributed by atoms with Gasteiger partial charge in [0.2, 0.25) is 0 Å². The Morgan fingerprint density at radius 3 is 2.62 bits per heavy atom. The molecular weight excluding hydrogens is 170 g/mol. The molecule has 0 fully saturated rings. The molecular formula is C9H13NO3. The van der Waals surface area contributed by atoms with Gasteiger partial charge in [0.15, 0.2) is 11.5 Å². The van der Waals surface area contributed by atoms with E-state index in [1.807, 2.05) is 0 Å². The highest BCUT2D eigenvalue weighted by Gasteiger charge is 2.11. The van der Waals surface area contributed by atoms with E-state index in [0.29, 0.717) is 16.9 Å². The minimum absolute atomic E-state index is 0.0418. The van der Waals surface area contributed by atoms with Gasteiger partial charge in [-0.25, -0.2) is 0 Å². The number of aliphatic hydroxyl groups is 1. The SMILES string of the molecule is COc1c(O)ccc(CO)c1CN. The maximum Gasteiger partial charge on any atom is 0.165 e. The van der Waals surface area contributed by atoms with Crippen molar-refractivity contribution in [3.05, 3.63) is 23.3 Å². The van der Waals surface area contributed by atoms with E-state index in [9.17, 15) is 5.11 Å². The highest BCUT2D eigenvalue weighted by Crippen LogP contribution is 2.32. The molecule has 0 radical (unpaired) electrons. The van der Waals surface area contributed by atoms with Crippen LogP contribution in [0, 0.1) is 0 Å². The number of nitrogens with two attached hydrogens (primary N) is 1. The van der Waals surface area contributed by atoms with Crippen LogP contribution < -0.4 is 10.5 Å². The Morgan fingerprint density at radius 2 is 2.15 bits per heavy atom. The van der Waals surface area contributed by atoms with Crippen molar-refractivity contribution >= 4 is 0 Å². The highest BCUT2D eigenvalue weighted by atomic mass is 16.5. The number of aromatic hydroxyl groups is 1. The zero-order valence-corrected chi connectivity index (χ0v) is 7.45. The molecule has 0 heterocycles. The second kappa shape index (κ2) is 4.11. The molecule has 1 aromatic carbocycles. The van der Waals surface area contributed by atoms with Crippen LogP contribution in [0.1, 0.15) is 11.1 Å². The lowest BCUT2D eigenvalue weighted by molar-refractivity contribution is 0.278. The molecule has 0 amide bonds. The monoisotopic (exact) mass is 183 g/mol. The molecule has 0 saturated carbocycles. The Labute approximate surface area is 76.6 Å². The van der Waals surface area contributed by atoms with Crippen molar-refractivity contribution in [2.75, 3.05) is 7.11 Å². The normalized spacial score (nSPS) is 10.1. The van der Waals surface area contributed by atoms with E-state index in [-0.39, 0.29) is 18.9 Å². The highest BCUT2D eigenvalue weighted by molar-refractivity contribution is 5.49. The maximum absolute atomic E-state index is 9.38. The van der Waals surface area contributed by atoms with Crippen LogP contribution in [0.25, 0.3) is 0 Å². The fraction of sp³-hybridized carbons (Fsp3) is 0.333. The number of benzene rings is 1. The van der Waals surface area contributed by atoms with E-state index in [0.717, 1.165) is 0 Å². The zero-order chi connectivity index (χ0) is 9.84. The number of phenolic OH excluding ortho intramolecular Hbond substituents is 1. The van der Waals surface area contributed by atoms with Gasteiger partial charge in [-0.15, -0.1) is 0 Å². The van der Waals surface area contributed by atoms with Crippen molar-refractivity contribution in [1.29, 1.82) is 0 Å². The summed E-state index contributed by atoms with van der Waals surface area (Å²) in [5, 5.41) is 18.3.